The quantitative estimate of drug-likeness (QED) is 0.397. The highest BCUT2D eigenvalue weighted by atomic mass is 35.5. The van der Waals surface area contributed by atoms with Crippen molar-refractivity contribution >= 4 is 40.5 Å². The number of rotatable bonds is 5. The van der Waals surface area contributed by atoms with E-state index in [9.17, 15) is 19.7 Å². The van der Waals surface area contributed by atoms with Crippen LogP contribution in [-0.4, -0.2) is 32.3 Å². The molecule has 0 aliphatic heterocycles. The van der Waals surface area contributed by atoms with E-state index in [0.717, 1.165) is 11.8 Å². The van der Waals surface area contributed by atoms with Crippen LogP contribution in [0.25, 0.3) is 5.65 Å². The molecule has 2 heterocycles. The van der Waals surface area contributed by atoms with Crippen LogP contribution < -0.4 is 5.32 Å². The van der Waals surface area contributed by atoms with E-state index in [1.54, 1.807) is 10.5 Å². The molecule has 0 radical (unpaired) electrons. The minimum Gasteiger partial charge on any atom is -0.448 e. The van der Waals surface area contributed by atoms with E-state index in [1.807, 2.05) is 19.1 Å². The molecule has 0 aliphatic carbocycles. The fourth-order valence-corrected chi connectivity index (χ4v) is 2.70. The maximum atomic E-state index is 12.3. The zero-order chi connectivity index (χ0) is 20.4. The molecule has 2 aromatic heterocycles. The van der Waals surface area contributed by atoms with E-state index in [2.05, 4.69) is 10.3 Å². The summed E-state index contributed by atoms with van der Waals surface area (Å²) in [5.74, 6) is -1.38. The molecule has 0 spiro atoms. The Morgan fingerprint density at radius 1 is 1.32 bits per heavy atom. The van der Waals surface area contributed by atoms with Crippen molar-refractivity contribution < 1.29 is 19.2 Å². The lowest BCUT2D eigenvalue weighted by atomic mass is 10.2. The van der Waals surface area contributed by atoms with Gasteiger partial charge < -0.3 is 14.5 Å². The summed E-state index contributed by atoms with van der Waals surface area (Å²) < 4.78 is 6.90. The normalized spacial score (nSPS) is 11.8. The maximum absolute atomic E-state index is 12.3. The summed E-state index contributed by atoms with van der Waals surface area (Å²) in [4.78, 5) is 38.9. The van der Waals surface area contributed by atoms with Gasteiger partial charge in [0.2, 0.25) is 0 Å². The second-order valence-corrected chi connectivity index (χ2v) is 6.39. The van der Waals surface area contributed by atoms with Gasteiger partial charge in [-0.05, 0) is 32.0 Å². The van der Waals surface area contributed by atoms with Crippen LogP contribution in [0.1, 0.15) is 23.1 Å². The summed E-state index contributed by atoms with van der Waals surface area (Å²) in [6, 6.07) is 9.06. The molecule has 0 fully saturated rings. The Hall–Kier alpha value is -3.46. The molecule has 0 saturated heterocycles. The number of carbonyl (C=O) groups excluding carboxylic acids is 2. The molecule has 0 aliphatic rings. The molecule has 28 heavy (non-hydrogen) atoms. The van der Waals surface area contributed by atoms with Crippen molar-refractivity contribution in [1.82, 2.24) is 9.38 Å². The highest BCUT2D eigenvalue weighted by Gasteiger charge is 2.22. The van der Waals surface area contributed by atoms with Crippen LogP contribution in [0.15, 0.2) is 42.6 Å². The Morgan fingerprint density at radius 3 is 2.71 bits per heavy atom. The van der Waals surface area contributed by atoms with Crippen LogP contribution >= 0.6 is 11.6 Å². The summed E-state index contributed by atoms with van der Waals surface area (Å²) in [6.45, 7) is 3.27. The molecule has 1 N–H and O–H groups in total. The number of halogens is 1. The Balaban J connectivity index is 1.68. The number of nitro benzene ring substituents is 1. The van der Waals surface area contributed by atoms with Gasteiger partial charge in [0.1, 0.15) is 5.65 Å². The van der Waals surface area contributed by atoms with Gasteiger partial charge in [0.15, 0.2) is 11.8 Å². The minimum absolute atomic E-state index is 0.00287. The number of imidazole rings is 1. The fourth-order valence-electron chi connectivity index (χ4n) is 2.47. The highest BCUT2D eigenvalue weighted by molar-refractivity contribution is 6.34. The van der Waals surface area contributed by atoms with Gasteiger partial charge in [-0.3, -0.25) is 14.9 Å². The Labute approximate surface area is 164 Å². The number of aryl methyl sites for hydroxylation is 1. The number of non-ortho nitro benzene ring substituents is 1. The van der Waals surface area contributed by atoms with E-state index < -0.39 is 22.9 Å². The largest absolute Gasteiger partial charge is 0.448 e. The molecule has 144 valence electrons. The first-order valence-corrected chi connectivity index (χ1v) is 8.54. The maximum Gasteiger partial charge on any atom is 0.359 e. The number of hydrogen-bond acceptors (Lipinski definition) is 6. The number of amides is 1. The van der Waals surface area contributed by atoms with Gasteiger partial charge in [-0.25, -0.2) is 9.78 Å². The van der Waals surface area contributed by atoms with Crippen LogP contribution in [0.5, 0.6) is 0 Å². The fraction of sp³-hybridized carbons (Fsp3) is 0.167. The molecule has 9 nitrogen and oxygen atoms in total. The SMILES string of the molecule is Cc1cccc2nc(C(=O)O[C@@H](C)C(=O)Nc3ccc([N+](=O)[O-])cc3Cl)cn12. The summed E-state index contributed by atoms with van der Waals surface area (Å²) in [6.07, 6.45) is 0.398. The van der Waals surface area contributed by atoms with Crippen molar-refractivity contribution in [3.05, 3.63) is 69.1 Å². The number of ether oxygens (including phenoxy) is 1. The summed E-state index contributed by atoms with van der Waals surface area (Å²) in [5.41, 5.74) is 1.51. The first kappa shape index (κ1) is 19.3. The van der Waals surface area contributed by atoms with Gasteiger partial charge in [0.05, 0.1) is 15.6 Å². The molecule has 3 rings (SSSR count). The first-order chi connectivity index (χ1) is 13.3. The van der Waals surface area contributed by atoms with Gasteiger partial charge in [-0.1, -0.05) is 17.7 Å². The zero-order valence-corrected chi connectivity index (χ0v) is 15.6. The second kappa shape index (κ2) is 7.65. The standard InChI is InChI=1S/C18H15ClN4O5/c1-10-4-3-5-16-20-15(9-22(10)16)18(25)28-11(2)17(24)21-14-7-6-12(23(26)27)8-13(14)19/h3-9,11H,1-2H3,(H,21,24)/t11-/m0/s1. The van der Waals surface area contributed by atoms with Crippen LogP contribution in [0.4, 0.5) is 11.4 Å². The van der Waals surface area contributed by atoms with Crippen LogP contribution in [0.3, 0.4) is 0 Å². The Kier molecular flexibility index (Phi) is 5.27. The van der Waals surface area contributed by atoms with Crippen molar-refractivity contribution in [2.45, 2.75) is 20.0 Å². The monoisotopic (exact) mass is 402 g/mol. The number of hydrogen-bond donors (Lipinski definition) is 1. The van der Waals surface area contributed by atoms with Gasteiger partial charge in [0, 0.05) is 24.0 Å². The topological polar surface area (TPSA) is 116 Å². The van der Waals surface area contributed by atoms with Gasteiger partial charge in [-0.15, -0.1) is 0 Å². The third kappa shape index (κ3) is 3.94. The minimum atomic E-state index is -1.13. The molecule has 1 aromatic carbocycles. The van der Waals surface area contributed by atoms with E-state index >= 15 is 0 Å². The number of benzene rings is 1. The molecule has 0 saturated carbocycles. The van der Waals surface area contributed by atoms with Gasteiger partial charge >= 0.3 is 5.97 Å². The third-order valence-corrected chi connectivity index (χ3v) is 4.29. The molecule has 0 unspecified atom stereocenters. The molecular weight excluding hydrogens is 388 g/mol. The van der Waals surface area contributed by atoms with Crippen molar-refractivity contribution in [1.29, 1.82) is 0 Å². The molecule has 3 aromatic rings. The van der Waals surface area contributed by atoms with Gasteiger partial charge in [-0.2, -0.15) is 0 Å². The summed E-state index contributed by atoms with van der Waals surface area (Å²) in [7, 11) is 0. The highest BCUT2D eigenvalue weighted by Crippen LogP contribution is 2.26. The number of nitrogens with zero attached hydrogens (tertiary/aromatic N) is 3. The molecule has 0 bridgehead atoms. The molecule has 10 heteroatoms. The number of carbonyl (C=O) groups is 2. The van der Waals surface area contributed by atoms with Crippen molar-refractivity contribution in [3.63, 3.8) is 0 Å². The predicted molar refractivity (Wildman–Crippen MR) is 102 cm³/mol. The number of pyridine rings is 1. The molecule has 1 atom stereocenters. The van der Waals surface area contributed by atoms with Crippen LogP contribution in [0.2, 0.25) is 5.02 Å². The Bertz CT molecular complexity index is 1090. The number of nitro groups is 1. The van der Waals surface area contributed by atoms with Crippen molar-refractivity contribution in [2.75, 3.05) is 5.32 Å². The lowest BCUT2D eigenvalue weighted by Crippen LogP contribution is -2.30. The summed E-state index contributed by atoms with van der Waals surface area (Å²) >= 11 is 5.94. The molecule has 1 amide bonds. The predicted octanol–water partition coefficient (Wildman–Crippen LogP) is 3.39. The van der Waals surface area contributed by atoms with Gasteiger partial charge in [0.25, 0.3) is 11.6 Å². The van der Waals surface area contributed by atoms with E-state index in [1.165, 1.54) is 25.3 Å². The van der Waals surface area contributed by atoms with Crippen LogP contribution in [0, 0.1) is 17.0 Å². The van der Waals surface area contributed by atoms with Crippen LogP contribution in [-0.2, 0) is 9.53 Å². The number of fused-ring (bicyclic) bond motifs is 1. The van der Waals surface area contributed by atoms with E-state index in [-0.39, 0.29) is 22.1 Å². The van der Waals surface area contributed by atoms with E-state index in [4.69, 9.17) is 16.3 Å². The zero-order valence-electron chi connectivity index (χ0n) is 14.9. The number of aromatic nitrogens is 2. The number of esters is 1. The first-order valence-electron chi connectivity index (χ1n) is 8.17. The average molecular weight is 403 g/mol. The third-order valence-electron chi connectivity index (χ3n) is 3.98. The molecular formula is C18H15ClN4O5. The van der Waals surface area contributed by atoms with Crippen molar-refractivity contribution in [3.8, 4) is 0 Å². The van der Waals surface area contributed by atoms with Crippen molar-refractivity contribution in [2.24, 2.45) is 0 Å². The number of nitrogens with one attached hydrogen (secondary N) is 1. The lowest BCUT2D eigenvalue weighted by molar-refractivity contribution is -0.384. The summed E-state index contributed by atoms with van der Waals surface area (Å²) in [5, 5.41) is 13.2. The van der Waals surface area contributed by atoms with E-state index in [0.29, 0.717) is 5.65 Å². The Morgan fingerprint density at radius 2 is 2.07 bits per heavy atom. The smallest absolute Gasteiger partial charge is 0.359 e. The average Bonchev–Trinajstić information content (AvgIpc) is 3.09. The second-order valence-electron chi connectivity index (χ2n) is 5.98. The number of anilines is 1. The lowest BCUT2D eigenvalue weighted by Gasteiger charge is -2.13.